The highest BCUT2D eigenvalue weighted by molar-refractivity contribution is 6.30. The second-order valence-electron chi connectivity index (χ2n) is 7.87. The number of nitrogens with one attached hydrogen (secondary N) is 1. The first kappa shape index (κ1) is 19.6. The number of nitrogens with zero attached hydrogens (tertiary/aromatic N) is 4. The minimum absolute atomic E-state index is 0.250. The minimum Gasteiger partial charge on any atom is -0.443 e. The fraction of sp³-hybridized carbons (Fsp3) is 0.400. The van der Waals surface area contributed by atoms with Gasteiger partial charge in [0.25, 0.3) is 0 Å². The smallest absolute Gasteiger partial charge is 0.413 e. The number of halogens is 1. The van der Waals surface area contributed by atoms with Crippen molar-refractivity contribution in [3.8, 4) is 11.3 Å². The van der Waals surface area contributed by atoms with E-state index in [1.165, 1.54) is 6.33 Å². The topological polar surface area (TPSA) is 91.2 Å². The Morgan fingerprint density at radius 3 is 2.69 bits per heavy atom. The highest BCUT2D eigenvalue weighted by atomic mass is 35.5. The summed E-state index contributed by atoms with van der Waals surface area (Å²) in [5, 5.41) is 8.81. The Morgan fingerprint density at radius 1 is 1.28 bits per heavy atom. The molecule has 1 saturated heterocycles. The molecule has 8 nitrogen and oxygen atoms in total. The van der Waals surface area contributed by atoms with E-state index >= 15 is 0 Å². The van der Waals surface area contributed by atoms with E-state index in [0.717, 1.165) is 5.56 Å². The SMILES string of the molecule is CC(C)(C)n1nc(-c2ccc(Cl)cc2)c2c(NC(=O)O[C@H]3CCOC3)ncnc21. The largest absolute Gasteiger partial charge is 0.443 e. The van der Waals surface area contributed by atoms with Crippen molar-refractivity contribution >= 4 is 34.5 Å². The van der Waals surface area contributed by atoms with Gasteiger partial charge in [-0.2, -0.15) is 5.10 Å². The Bertz CT molecular complexity index is 1040. The highest BCUT2D eigenvalue weighted by Gasteiger charge is 2.26. The number of amides is 1. The summed E-state index contributed by atoms with van der Waals surface area (Å²) in [7, 11) is 0. The summed E-state index contributed by atoms with van der Waals surface area (Å²) < 4.78 is 12.5. The number of hydrogen-bond donors (Lipinski definition) is 1. The lowest BCUT2D eigenvalue weighted by Crippen LogP contribution is -2.24. The van der Waals surface area contributed by atoms with Crippen LogP contribution in [-0.2, 0) is 15.0 Å². The first-order valence-electron chi connectivity index (χ1n) is 9.38. The molecule has 3 aromatic rings. The molecule has 0 radical (unpaired) electrons. The van der Waals surface area contributed by atoms with Gasteiger partial charge < -0.3 is 9.47 Å². The summed E-state index contributed by atoms with van der Waals surface area (Å²) >= 11 is 6.04. The molecule has 1 aromatic carbocycles. The molecule has 1 atom stereocenters. The average molecular weight is 416 g/mol. The lowest BCUT2D eigenvalue weighted by atomic mass is 10.1. The summed E-state index contributed by atoms with van der Waals surface area (Å²) in [6.45, 7) is 7.11. The Balaban J connectivity index is 1.79. The molecule has 0 spiro atoms. The third-order valence-corrected chi connectivity index (χ3v) is 4.85. The lowest BCUT2D eigenvalue weighted by Gasteiger charge is -2.19. The average Bonchev–Trinajstić information content (AvgIpc) is 3.30. The molecule has 9 heteroatoms. The number of ether oxygens (including phenoxy) is 2. The van der Waals surface area contributed by atoms with Crippen molar-refractivity contribution in [2.24, 2.45) is 0 Å². The molecule has 2 aromatic heterocycles. The molecule has 29 heavy (non-hydrogen) atoms. The molecular formula is C20H22ClN5O3. The van der Waals surface area contributed by atoms with Gasteiger partial charge in [-0.15, -0.1) is 0 Å². The minimum atomic E-state index is -0.578. The zero-order valence-electron chi connectivity index (χ0n) is 16.5. The van der Waals surface area contributed by atoms with Crippen LogP contribution in [0.2, 0.25) is 5.02 Å². The normalized spacial score (nSPS) is 16.9. The van der Waals surface area contributed by atoms with E-state index in [4.69, 9.17) is 26.2 Å². The number of carbonyl (C=O) groups excluding carboxylic acids is 1. The molecule has 152 valence electrons. The van der Waals surface area contributed by atoms with Crippen LogP contribution in [0.3, 0.4) is 0 Å². The van der Waals surface area contributed by atoms with Crippen LogP contribution >= 0.6 is 11.6 Å². The van der Waals surface area contributed by atoms with Crippen LogP contribution in [0.25, 0.3) is 22.3 Å². The van der Waals surface area contributed by atoms with Crippen LogP contribution in [0.4, 0.5) is 10.6 Å². The number of hydrogen-bond acceptors (Lipinski definition) is 6. The van der Waals surface area contributed by atoms with E-state index in [-0.39, 0.29) is 11.6 Å². The molecule has 3 heterocycles. The van der Waals surface area contributed by atoms with Gasteiger partial charge >= 0.3 is 6.09 Å². The second-order valence-corrected chi connectivity index (χ2v) is 8.31. The van der Waals surface area contributed by atoms with Crippen molar-refractivity contribution in [2.75, 3.05) is 18.5 Å². The maximum absolute atomic E-state index is 12.4. The van der Waals surface area contributed by atoms with Crippen LogP contribution in [0.1, 0.15) is 27.2 Å². The van der Waals surface area contributed by atoms with E-state index in [2.05, 4.69) is 15.3 Å². The van der Waals surface area contributed by atoms with Crippen LogP contribution in [0, 0.1) is 0 Å². The quantitative estimate of drug-likeness (QED) is 0.688. The van der Waals surface area contributed by atoms with Gasteiger partial charge in [-0.1, -0.05) is 23.7 Å². The lowest BCUT2D eigenvalue weighted by molar-refractivity contribution is 0.0931. The highest BCUT2D eigenvalue weighted by Crippen LogP contribution is 2.34. The summed E-state index contributed by atoms with van der Waals surface area (Å²) in [5.41, 5.74) is 1.80. The monoisotopic (exact) mass is 415 g/mol. The standard InChI is InChI=1S/C20H22ClN5O3/c1-20(2,3)26-18-15(16(25-26)12-4-6-13(21)7-5-12)17(22-11-23-18)24-19(27)29-14-8-9-28-10-14/h4-7,11,14H,8-10H2,1-3H3,(H,22,23,24,27)/t14-/m0/s1. The van der Waals surface area contributed by atoms with Crippen molar-refractivity contribution in [1.82, 2.24) is 19.7 Å². The van der Waals surface area contributed by atoms with Gasteiger partial charge in [0, 0.05) is 17.0 Å². The first-order chi connectivity index (χ1) is 13.8. The van der Waals surface area contributed by atoms with Gasteiger partial charge in [-0.3, -0.25) is 5.32 Å². The van der Waals surface area contributed by atoms with Crippen LogP contribution in [0.5, 0.6) is 0 Å². The Kier molecular flexibility index (Phi) is 5.14. The Labute approximate surface area is 173 Å². The third-order valence-electron chi connectivity index (χ3n) is 4.60. The maximum Gasteiger partial charge on any atom is 0.413 e. The van der Waals surface area contributed by atoms with E-state index in [0.29, 0.717) is 47.2 Å². The van der Waals surface area contributed by atoms with Gasteiger partial charge in [0.2, 0.25) is 0 Å². The molecular weight excluding hydrogens is 394 g/mol. The molecule has 0 bridgehead atoms. The second kappa shape index (κ2) is 7.61. The number of rotatable bonds is 3. The van der Waals surface area contributed by atoms with Crippen molar-refractivity contribution in [3.05, 3.63) is 35.6 Å². The van der Waals surface area contributed by atoms with Gasteiger partial charge in [0.15, 0.2) is 11.5 Å². The summed E-state index contributed by atoms with van der Waals surface area (Å²) in [4.78, 5) is 21.1. The molecule has 4 rings (SSSR count). The number of fused-ring (bicyclic) bond motifs is 1. The molecule has 0 aliphatic carbocycles. The Morgan fingerprint density at radius 2 is 2.03 bits per heavy atom. The summed E-state index contributed by atoms with van der Waals surface area (Å²) in [6, 6.07) is 7.35. The first-order valence-corrected chi connectivity index (χ1v) is 9.76. The maximum atomic E-state index is 12.4. The van der Waals surface area contributed by atoms with Crippen molar-refractivity contribution < 1.29 is 14.3 Å². The fourth-order valence-corrected chi connectivity index (χ4v) is 3.33. The molecule has 0 unspecified atom stereocenters. The predicted molar refractivity (Wildman–Crippen MR) is 110 cm³/mol. The number of benzene rings is 1. The van der Waals surface area contributed by atoms with Crippen LogP contribution in [-0.4, -0.2) is 45.2 Å². The van der Waals surface area contributed by atoms with Crippen molar-refractivity contribution in [1.29, 1.82) is 0 Å². The van der Waals surface area contributed by atoms with E-state index < -0.39 is 6.09 Å². The van der Waals surface area contributed by atoms with Crippen molar-refractivity contribution in [2.45, 2.75) is 38.8 Å². The van der Waals surface area contributed by atoms with Gasteiger partial charge in [-0.05, 0) is 32.9 Å². The fourth-order valence-electron chi connectivity index (χ4n) is 3.21. The number of aromatic nitrogens is 4. The molecule has 1 aliphatic rings. The zero-order valence-corrected chi connectivity index (χ0v) is 17.2. The van der Waals surface area contributed by atoms with E-state index in [9.17, 15) is 4.79 Å². The van der Waals surface area contributed by atoms with E-state index in [1.807, 2.05) is 37.6 Å². The molecule has 1 aliphatic heterocycles. The molecule has 1 fully saturated rings. The van der Waals surface area contributed by atoms with Gasteiger partial charge in [0.1, 0.15) is 18.1 Å². The number of carbonyl (C=O) groups is 1. The third kappa shape index (κ3) is 4.04. The Hall–Kier alpha value is -2.71. The summed E-state index contributed by atoms with van der Waals surface area (Å²) in [5.74, 6) is 0.347. The summed E-state index contributed by atoms with van der Waals surface area (Å²) in [6.07, 6.45) is 1.27. The van der Waals surface area contributed by atoms with Gasteiger partial charge in [0.05, 0.1) is 24.1 Å². The number of anilines is 1. The van der Waals surface area contributed by atoms with Crippen molar-refractivity contribution in [3.63, 3.8) is 0 Å². The zero-order chi connectivity index (χ0) is 20.6. The van der Waals surface area contributed by atoms with Crippen LogP contribution < -0.4 is 5.32 Å². The predicted octanol–water partition coefficient (Wildman–Crippen LogP) is 4.24. The molecule has 0 saturated carbocycles. The van der Waals surface area contributed by atoms with E-state index in [1.54, 1.807) is 12.1 Å². The molecule has 1 amide bonds. The molecule has 1 N–H and O–H groups in total. The van der Waals surface area contributed by atoms with Crippen LogP contribution in [0.15, 0.2) is 30.6 Å². The van der Waals surface area contributed by atoms with Gasteiger partial charge in [-0.25, -0.2) is 19.4 Å².